The van der Waals surface area contributed by atoms with Gasteiger partial charge < -0.3 is 20.5 Å². The standard InChI is InChI=1S/C19H23N3O5.ClH/c1-10(17(23)21-11-2-4-12(5-3-11)26-9-8-20)22-18(24)15-13-6-7-14(27-13)16(15)19(22)25;/h2-5,10,13-16H,6-9,20H2,1H3,(H,21,23);1H. The van der Waals surface area contributed by atoms with Crippen LogP contribution >= 0.6 is 12.4 Å². The zero-order valence-electron chi connectivity index (χ0n) is 15.5. The van der Waals surface area contributed by atoms with Crippen molar-refractivity contribution in [3.63, 3.8) is 0 Å². The van der Waals surface area contributed by atoms with Crippen LogP contribution in [0.15, 0.2) is 24.3 Å². The Morgan fingerprint density at radius 3 is 2.32 bits per heavy atom. The number of benzene rings is 1. The summed E-state index contributed by atoms with van der Waals surface area (Å²) in [5, 5.41) is 2.75. The molecule has 8 nitrogen and oxygen atoms in total. The molecule has 3 amide bonds. The molecule has 0 aromatic heterocycles. The molecule has 3 N–H and O–H groups in total. The average molecular weight is 410 g/mol. The fourth-order valence-electron chi connectivity index (χ4n) is 4.29. The fraction of sp³-hybridized carbons (Fsp3) is 0.526. The zero-order valence-corrected chi connectivity index (χ0v) is 16.3. The molecular formula is C19H24ClN3O5. The number of rotatable bonds is 6. The molecular weight excluding hydrogens is 386 g/mol. The number of hydrogen-bond acceptors (Lipinski definition) is 6. The van der Waals surface area contributed by atoms with Gasteiger partial charge >= 0.3 is 0 Å². The lowest BCUT2D eigenvalue weighted by Crippen LogP contribution is -2.47. The number of imide groups is 1. The Morgan fingerprint density at radius 1 is 1.21 bits per heavy atom. The highest BCUT2D eigenvalue weighted by molar-refractivity contribution is 6.10. The van der Waals surface area contributed by atoms with Crippen molar-refractivity contribution < 1.29 is 23.9 Å². The molecule has 3 fully saturated rings. The highest BCUT2D eigenvalue weighted by atomic mass is 35.5. The van der Waals surface area contributed by atoms with E-state index in [2.05, 4.69) is 5.32 Å². The Labute approximate surface area is 169 Å². The third-order valence-corrected chi connectivity index (χ3v) is 5.59. The third-order valence-electron chi connectivity index (χ3n) is 5.59. The molecule has 3 saturated heterocycles. The summed E-state index contributed by atoms with van der Waals surface area (Å²) in [5.41, 5.74) is 5.96. The van der Waals surface area contributed by atoms with Crippen LogP contribution in [0.2, 0.25) is 0 Å². The molecule has 2 bridgehead atoms. The predicted octanol–water partition coefficient (Wildman–Crippen LogP) is 0.935. The lowest BCUT2D eigenvalue weighted by Gasteiger charge is -2.24. The largest absolute Gasteiger partial charge is 0.492 e. The third kappa shape index (κ3) is 3.36. The Kier molecular flexibility index (Phi) is 5.92. The van der Waals surface area contributed by atoms with E-state index in [4.69, 9.17) is 15.2 Å². The van der Waals surface area contributed by atoms with Gasteiger partial charge in [0.1, 0.15) is 18.4 Å². The molecule has 0 radical (unpaired) electrons. The van der Waals surface area contributed by atoms with Gasteiger partial charge in [-0.25, -0.2) is 0 Å². The van der Waals surface area contributed by atoms with E-state index in [9.17, 15) is 14.4 Å². The monoisotopic (exact) mass is 409 g/mol. The fourth-order valence-corrected chi connectivity index (χ4v) is 4.29. The van der Waals surface area contributed by atoms with Crippen LogP contribution < -0.4 is 15.8 Å². The number of hydrogen-bond donors (Lipinski definition) is 2. The number of amides is 3. The quantitative estimate of drug-likeness (QED) is 0.676. The molecule has 4 rings (SSSR count). The van der Waals surface area contributed by atoms with E-state index >= 15 is 0 Å². The van der Waals surface area contributed by atoms with Gasteiger partial charge in [0.15, 0.2) is 0 Å². The highest BCUT2D eigenvalue weighted by Crippen LogP contribution is 2.48. The number of anilines is 1. The van der Waals surface area contributed by atoms with Gasteiger partial charge in [-0.05, 0) is 44.0 Å². The molecule has 3 aliphatic rings. The summed E-state index contributed by atoms with van der Waals surface area (Å²) in [4.78, 5) is 39.2. The second-order valence-corrected chi connectivity index (χ2v) is 7.22. The predicted molar refractivity (Wildman–Crippen MR) is 103 cm³/mol. The van der Waals surface area contributed by atoms with Crippen molar-refractivity contribution in [2.24, 2.45) is 17.6 Å². The number of nitrogens with two attached hydrogens (primary N) is 1. The first-order chi connectivity index (χ1) is 13.0. The van der Waals surface area contributed by atoms with Crippen molar-refractivity contribution >= 4 is 35.8 Å². The normalized spacial score (nSPS) is 28.7. The molecule has 0 aliphatic carbocycles. The van der Waals surface area contributed by atoms with Crippen molar-refractivity contribution in [1.82, 2.24) is 4.90 Å². The van der Waals surface area contributed by atoms with Crippen molar-refractivity contribution in [3.05, 3.63) is 24.3 Å². The Morgan fingerprint density at radius 2 is 1.79 bits per heavy atom. The Balaban J connectivity index is 0.00000225. The first kappa shape index (κ1) is 20.6. The first-order valence-electron chi connectivity index (χ1n) is 9.27. The molecule has 1 aromatic carbocycles. The summed E-state index contributed by atoms with van der Waals surface area (Å²) in [6.45, 7) is 2.41. The molecule has 28 heavy (non-hydrogen) atoms. The van der Waals surface area contributed by atoms with Gasteiger partial charge in [0.2, 0.25) is 17.7 Å². The number of ether oxygens (including phenoxy) is 2. The van der Waals surface area contributed by atoms with Gasteiger partial charge in [0, 0.05) is 12.2 Å². The SMILES string of the molecule is CC(C(=O)Nc1ccc(OCCN)cc1)N1C(=O)C2C3CCC(O3)C2C1=O.Cl. The van der Waals surface area contributed by atoms with E-state index in [1.54, 1.807) is 31.2 Å². The minimum Gasteiger partial charge on any atom is -0.492 e. The molecule has 152 valence electrons. The van der Waals surface area contributed by atoms with Crippen LogP contribution in [0.5, 0.6) is 5.75 Å². The van der Waals surface area contributed by atoms with Crippen LogP contribution in [0.4, 0.5) is 5.69 Å². The van der Waals surface area contributed by atoms with Crippen LogP contribution in [0.25, 0.3) is 0 Å². The summed E-state index contributed by atoms with van der Waals surface area (Å²) < 4.78 is 11.1. The molecule has 9 heteroatoms. The maximum atomic E-state index is 12.7. The second kappa shape index (κ2) is 8.06. The molecule has 0 spiro atoms. The molecule has 5 unspecified atom stereocenters. The van der Waals surface area contributed by atoms with E-state index in [0.717, 1.165) is 17.7 Å². The van der Waals surface area contributed by atoms with Gasteiger partial charge in [-0.15, -0.1) is 12.4 Å². The second-order valence-electron chi connectivity index (χ2n) is 7.22. The Bertz CT molecular complexity index is 743. The van der Waals surface area contributed by atoms with E-state index in [1.807, 2.05) is 0 Å². The molecule has 3 heterocycles. The number of nitrogens with zero attached hydrogens (tertiary/aromatic N) is 1. The molecule has 5 atom stereocenters. The van der Waals surface area contributed by atoms with E-state index in [1.165, 1.54) is 0 Å². The minimum atomic E-state index is -0.872. The van der Waals surface area contributed by atoms with Crippen LogP contribution in [0.1, 0.15) is 19.8 Å². The Hall–Kier alpha value is -2.16. The van der Waals surface area contributed by atoms with Crippen molar-refractivity contribution in [1.29, 1.82) is 0 Å². The maximum absolute atomic E-state index is 12.7. The van der Waals surface area contributed by atoms with E-state index < -0.39 is 23.8 Å². The van der Waals surface area contributed by atoms with E-state index in [-0.39, 0.29) is 36.4 Å². The number of likely N-dealkylation sites (tertiary alicyclic amines) is 1. The van der Waals surface area contributed by atoms with Gasteiger partial charge in [-0.1, -0.05) is 0 Å². The van der Waals surface area contributed by atoms with Gasteiger partial charge in [0.05, 0.1) is 24.0 Å². The number of fused-ring (bicyclic) bond motifs is 5. The molecule has 1 aromatic rings. The topological polar surface area (TPSA) is 111 Å². The van der Waals surface area contributed by atoms with Crippen LogP contribution in [-0.2, 0) is 19.1 Å². The lowest BCUT2D eigenvalue weighted by molar-refractivity contribution is -0.148. The van der Waals surface area contributed by atoms with Crippen LogP contribution in [-0.4, -0.2) is 54.0 Å². The van der Waals surface area contributed by atoms with Gasteiger partial charge in [0.25, 0.3) is 0 Å². The van der Waals surface area contributed by atoms with Crippen LogP contribution in [0, 0.1) is 11.8 Å². The minimum absolute atomic E-state index is 0. The van der Waals surface area contributed by atoms with Gasteiger partial charge in [-0.2, -0.15) is 0 Å². The smallest absolute Gasteiger partial charge is 0.247 e. The molecule has 0 saturated carbocycles. The van der Waals surface area contributed by atoms with Crippen molar-refractivity contribution in [2.75, 3.05) is 18.5 Å². The highest BCUT2D eigenvalue weighted by Gasteiger charge is 2.63. The van der Waals surface area contributed by atoms with Crippen molar-refractivity contribution in [3.8, 4) is 5.75 Å². The van der Waals surface area contributed by atoms with E-state index in [0.29, 0.717) is 24.6 Å². The van der Waals surface area contributed by atoms with Crippen molar-refractivity contribution in [2.45, 2.75) is 38.0 Å². The summed E-state index contributed by atoms with van der Waals surface area (Å²) in [6, 6.07) is 5.98. The summed E-state index contributed by atoms with van der Waals surface area (Å²) in [6.07, 6.45) is 1.24. The molecule has 3 aliphatic heterocycles. The van der Waals surface area contributed by atoms with Gasteiger partial charge in [-0.3, -0.25) is 19.3 Å². The first-order valence-corrected chi connectivity index (χ1v) is 9.27. The number of carbonyl (C=O) groups excluding carboxylic acids is 3. The summed E-state index contributed by atoms with van der Waals surface area (Å²) in [5.74, 6) is -1.17. The number of nitrogens with one attached hydrogen (secondary N) is 1. The summed E-state index contributed by atoms with van der Waals surface area (Å²) >= 11 is 0. The van der Waals surface area contributed by atoms with Crippen LogP contribution in [0.3, 0.4) is 0 Å². The number of carbonyl (C=O) groups is 3. The zero-order chi connectivity index (χ0) is 19.1. The summed E-state index contributed by atoms with van der Waals surface area (Å²) in [7, 11) is 0. The number of halogens is 1. The lowest BCUT2D eigenvalue weighted by atomic mass is 9.81. The average Bonchev–Trinajstić information content (AvgIpc) is 3.34. The maximum Gasteiger partial charge on any atom is 0.247 e.